The molecule has 0 saturated carbocycles. The first-order valence-corrected chi connectivity index (χ1v) is 7.55. The summed E-state index contributed by atoms with van der Waals surface area (Å²) in [6, 6.07) is 9.35. The Balaban J connectivity index is 2.91. The minimum Gasteiger partial charge on any atom is -0.298 e. The topological polar surface area (TPSA) is 39.9 Å². The molecule has 0 aromatic carbocycles. The van der Waals surface area contributed by atoms with Crippen molar-refractivity contribution in [3.8, 4) is 6.07 Å². The summed E-state index contributed by atoms with van der Waals surface area (Å²) in [5, 5.41) is 9.71. The summed E-state index contributed by atoms with van der Waals surface area (Å²) in [5.74, 6) is 0. The molecule has 0 unspecified atom stereocenters. The first-order valence-electron chi connectivity index (χ1n) is 7.55. The van der Waals surface area contributed by atoms with E-state index in [4.69, 9.17) is 0 Å². The van der Waals surface area contributed by atoms with Crippen LogP contribution in [-0.4, -0.2) is 28.5 Å². The van der Waals surface area contributed by atoms with Gasteiger partial charge in [0.2, 0.25) is 0 Å². The molecule has 3 heteroatoms. The third kappa shape index (κ3) is 3.80. The largest absolute Gasteiger partial charge is 0.298 e. The fraction of sp³-hybridized carbons (Fsp3) is 0.647. The van der Waals surface area contributed by atoms with E-state index in [2.05, 4.69) is 50.6 Å². The fourth-order valence-corrected chi connectivity index (χ4v) is 2.76. The Kier molecular flexibility index (Phi) is 6.16. The lowest BCUT2D eigenvalue weighted by atomic mass is 9.79. The second kappa shape index (κ2) is 7.40. The maximum absolute atomic E-state index is 9.71. The molecular weight excluding hydrogens is 246 g/mol. The van der Waals surface area contributed by atoms with Gasteiger partial charge in [0.15, 0.2) is 0 Å². The summed E-state index contributed by atoms with van der Waals surface area (Å²) in [5.41, 5.74) is 0.431. The van der Waals surface area contributed by atoms with Gasteiger partial charge >= 0.3 is 0 Å². The molecule has 1 aromatic rings. The van der Waals surface area contributed by atoms with Gasteiger partial charge in [0.1, 0.15) is 5.41 Å². The minimum atomic E-state index is -0.469. The molecule has 0 spiro atoms. The summed E-state index contributed by atoms with van der Waals surface area (Å²) in [6.07, 6.45) is 3.40. The summed E-state index contributed by atoms with van der Waals surface area (Å²) in [6.45, 7) is 11.8. The monoisotopic (exact) mass is 273 g/mol. The molecule has 20 heavy (non-hydrogen) atoms. The van der Waals surface area contributed by atoms with Crippen molar-refractivity contribution in [2.45, 2.75) is 65.0 Å². The summed E-state index contributed by atoms with van der Waals surface area (Å²) < 4.78 is 0. The smallest absolute Gasteiger partial charge is 0.100 e. The molecule has 0 saturated heterocycles. The third-order valence-electron chi connectivity index (χ3n) is 4.10. The van der Waals surface area contributed by atoms with Crippen LogP contribution < -0.4 is 0 Å². The van der Waals surface area contributed by atoms with E-state index < -0.39 is 5.41 Å². The van der Waals surface area contributed by atoms with Gasteiger partial charge in [-0.15, -0.1) is 0 Å². The lowest BCUT2D eigenvalue weighted by molar-refractivity contribution is 0.161. The fourth-order valence-electron chi connectivity index (χ4n) is 2.76. The molecule has 0 N–H and O–H groups in total. The molecular formula is C17H27N3. The van der Waals surface area contributed by atoms with E-state index in [1.54, 1.807) is 6.20 Å². The van der Waals surface area contributed by atoms with E-state index in [0.29, 0.717) is 12.1 Å². The highest BCUT2D eigenvalue weighted by Gasteiger charge is 2.32. The number of aromatic nitrogens is 1. The van der Waals surface area contributed by atoms with Crippen LogP contribution in [0.25, 0.3) is 0 Å². The molecule has 1 rings (SSSR count). The summed E-state index contributed by atoms with van der Waals surface area (Å²) in [7, 11) is 0. The van der Waals surface area contributed by atoms with Crippen molar-refractivity contribution >= 4 is 0 Å². The van der Waals surface area contributed by atoms with Crippen LogP contribution >= 0.6 is 0 Å². The van der Waals surface area contributed by atoms with Crippen molar-refractivity contribution in [3.05, 3.63) is 30.1 Å². The van der Waals surface area contributed by atoms with Gasteiger partial charge in [-0.25, -0.2) is 0 Å². The van der Waals surface area contributed by atoms with Gasteiger partial charge in [-0.05, 0) is 52.7 Å². The Bertz CT molecular complexity index is 425. The van der Waals surface area contributed by atoms with Crippen molar-refractivity contribution in [3.63, 3.8) is 0 Å². The molecule has 0 fully saturated rings. The van der Waals surface area contributed by atoms with Gasteiger partial charge in [-0.2, -0.15) is 5.26 Å². The van der Waals surface area contributed by atoms with Crippen LogP contribution in [-0.2, 0) is 5.41 Å². The van der Waals surface area contributed by atoms with Gasteiger partial charge in [0.05, 0.1) is 11.8 Å². The molecule has 0 radical (unpaired) electrons. The first-order chi connectivity index (χ1) is 9.46. The van der Waals surface area contributed by atoms with Gasteiger partial charge in [-0.3, -0.25) is 9.88 Å². The standard InChI is InChI=1S/C17H27N3/c1-6-17(13-18,16-9-7-8-11-19-16)10-12-20(14(2)3)15(4)5/h7-9,11,14-15H,6,10,12H2,1-5H3/t17-/m0/s1. The molecule has 3 nitrogen and oxygen atoms in total. The Hall–Kier alpha value is -1.40. The maximum Gasteiger partial charge on any atom is 0.100 e. The van der Waals surface area contributed by atoms with Crippen molar-refractivity contribution in [2.24, 2.45) is 0 Å². The molecule has 1 aromatic heterocycles. The van der Waals surface area contributed by atoms with E-state index in [9.17, 15) is 5.26 Å². The van der Waals surface area contributed by atoms with Crippen LogP contribution in [0.4, 0.5) is 0 Å². The van der Waals surface area contributed by atoms with Gasteiger partial charge < -0.3 is 0 Å². The molecule has 0 amide bonds. The first kappa shape index (κ1) is 16.7. The zero-order chi connectivity index (χ0) is 15.2. The highest BCUT2D eigenvalue weighted by atomic mass is 15.2. The Morgan fingerprint density at radius 2 is 1.90 bits per heavy atom. The summed E-state index contributed by atoms with van der Waals surface area (Å²) in [4.78, 5) is 6.85. The van der Waals surface area contributed by atoms with Crippen LogP contribution in [0, 0.1) is 11.3 Å². The second-order valence-electron chi connectivity index (χ2n) is 5.94. The van der Waals surface area contributed by atoms with Crippen molar-refractivity contribution in [1.82, 2.24) is 9.88 Å². The maximum atomic E-state index is 9.71. The van der Waals surface area contributed by atoms with E-state index >= 15 is 0 Å². The molecule has 1 heterocycles. The predicted octanol–water partition coefficient (Wildman–Crippen LogP) is 3.76. The molecule has 1 atom stereocenters. The number of rotatable bonds is 7. The van der Waals surface area contributed by atoms with Gasteiger partial charge in [-0.1, -0.05) is 13.0 Å². The third-order valence-corrected chi connectivity index (χ3v) is 4.10. The van der Waals surface area contributed by atoms with Gasteiger partial charge in [0, 0.05) is 24.8 Å². The van der Waals surface area contributed by atoms with Crippen molar-refractivity contribution in [1.29, 1.82) is 5.26 Å². The van der Waals surface area contributed by atoms with Crippen LogP contribution in [0.5, 0.6) is 0 Å². The number of pyridine rings is 1. The minimum absolute atomic E-state index is 0.469. The molecule has 0 aliphatic heterocycles. The predicted molar refractivity (Wildman–Crippen MR) is 83.4 cm³/mol. The zero-order valence-electron chi connectivity index (χ0n) is 13.4. The van der Waals surface area contributed by atoms with E-state index in [0.717, 1.165) is 25.1 Å². The lowest BCUT2D eigenvalue weighted by Crippen LogP contribution is -2.40. The number of nitrogens with zero attached hydrogens (tertiary/aromatic N) is 3. The number of hydrogen-bond acceptors (Lipinski definition) is 3. The van der Waals surface area contributed by atoms with Crippen LogP contribution in [0.15, 0.2) is 24.4 Å². The summed E-state index contributed by atoms with van der Waals surface area (Å²) >= 11 is 0. The average Bonchev–Trinajstić information content (AvgIpc) is 2.44. The quantitative estimate of drug-likeness (QED) is 0.759. The highest BCUT2D eigenvalue weighted by Crippen LogP contribution is 2.30. The SMILES string of the molecule is CC[C@@](C#N)(CCN(C(C)C)C(C)C)c1ccccn1. The number of nitriles is 1. The molecule has 110 valence electrons. The lowest BCUT2D eigenvalue weighted by Gasteiger charge is -2.34. The Morgan fingerprint density at radius 3 is 2.30 bits per heavy atom. The van der Waals surface area contributed by atoms with Crippen LogP contribution in [0.2, 0.25) is 0 Å². The number of hydrogen-bond donors (Lipinski definition) is 0. The highest BCUT2D eigenvalue weighted by molar-refractivity contribution is 5.26. The molecule has 0 aliphatic carbocycles. The van der Waals surface area contributed by atoms with Crippen molar-refractivity contribution < 1.29 is 0 Å². The molecule has 0 bridgehead atoms. The molecule has 0 aliphatic rings. The van der Waals surface area contributed by atoms with E-state index in [-0.39, 0.29) is 0 Å². The normalized spacial score (nSPS) is 14.6. The van der Waals surface area contributed by atoms with E-state index in [1.165, 1.54) is 0 Å². The average molecular weight is 273 g/mol. The second-order valence-corrected chi connectivity index (χ2v) is 5.94. The Morgan fingerprint density at radius 1 is 1.25 bits per heavy atom. The van der Waals surface area contributed by atoms with E-state index in [1.807, 2.05) is 18.2 Å². The van der Waals surface area contributed by atoms with Crippen LogP contribution in [0.1, 0.15) is 53.2 Å². The zero-order valence-corrected chi connectivity index (χ0v) is 13.4. The Labute approximate surface area is 123 Å². The van der Waals surface area contributed by atoms with Gasteiger partial charge in [0.25, 0.3) is 0 Å². The van der Waals surface area contributed by atoms with Crippen molar-refractivity contribution in [2.75, 3.05) is 6.54 Å². The van der Waals surface area contributed by atoms with Crippen LogP contribution in [0.3, 0.4) is 0 Å².